The van der Waals surface area contributed by atoms with Gasteiger partial charge in [-0.05, 0) is 82.3 Å². The van der Waals surface area contributed by atoms with Crippen molar-refractivity contribution in [1.82, 2.24) is 0 Å². The second-order valence-electron chi connectivity index (χ2n) is 12.2. The molecule has 1 atom stereocenters. The van der Waals surface area contributed by atoms with Gasteiger partial charge in [0.05, 0.1) is 29.8 Å². The van der Waals surface area contributed by atoms with Crippen LogP contribution in [0.5, 0.6) is 5.75 Å². The lowest BCUT2D eigenvalue weighted by atomic mass is 9.73. The number of Topliss-reactive ketones (excluding diaryl/α,β-unsaturated/α-hetero) is 1. The summed E-state index contributed by atoms with van der Waals surface area (Å²) in [6.45, 7) is 23.7. The van der Waals surface area contributed by atoms with E-state index in [1.54, 1.807) is 0 Å². The number of ketones is 1. The highest BCUT2D eigenvalue weighted by atomic mass is 28.4. The molecule has 2 heterocycles. The summed E-state index contributed by atoms with van der Waals surface area (Å²) in [5.41, 5.74) is 1.08. The van der Waals surface area contributed by atoms with Crippen LogP contribution in [0.2, 0.25) is 18.1 Å². The Bertz CT molecular complexity index is 886. The molecule has 1 aromatic rings. The number of ether oxygens (including phenoxy) is 1. The van der Waals surface area contributed by atoms with E-state index in [0.29, 0.717) is 24.3 Å². The maximum Gasteiger partial charge on any atom is 0.495 e. The van der Waals surface area contributed by atoms with Crippen LogP contribution in [0.15, 0.2) is 12.1 Å². The molecule has 0 aromatic heterocycles. The average Bonchev–Trinajstić information content (AvgIpc) is 2.85. The molecule has 1 aromatic carbocycles. The van der Waals surface area contributed by atoms with E-state index in [4.69, 9.17) is 18.5 Å². The van der Waals surface area contributed by atoms with Gasteiger partial charge < -0.3 is 18.5 Å². The van der Waals surface area contributed by atoms with Crippen LogP contribution in [0.1, 0.15) is 84.7 Å². The third-order valence-corrected chi connectivity index (χ3v) is 12.3. The molecule has 1 unspecified atom stereocenters. The van der Waals surface area contributed by atoms with Crippen LogP contribution < -0.4 is 10.2 Å². The van der Waals surface area contributed by atoms with Crippen molar-refractivity contribution >= 4 is 26.7 Å². The Morgan fingerprint density at radius 3 is 2.12 bits per heavy atom. The molecule has 0 radical (unpaired) electrons. The van der Waals surface area contributed by atoms with Crippen molar-refractivity contribution in [3.05, 3.63) is 23.3 Å². The lowest BCUT2D eigenvalue weighted by molar-refractivity contribution is 0.00578. The van der Waals surface area contributed by atoms with Crippen molar-refractivity contribution in [2.24, 2.45) is 0 Å². The summed E-state index contributed by atoms with van der Waals surface area (Å²) in [5.74, 6) is 0.701. The van der Waals surface area contributed by atoms with E-state index in [1.165, 1.54) is 0 Å². The maximum absolute atomic E-state index is 13.1. The van der Waals surface area contributed by atoms with E-state index >= 15 is 0 Å². The van der Waals surface area contributed by atoms with E-state index in [-0.39, 0.29) is 10.8 Å². The number of aryl methyl sites for hydroxylation is 1. The second kappa shape index (κ2) is 7.97. The van der Waals surface area contributed by atoms with Gasteiger partial charge in [0.1, 0.15) is 11.4 Å². The topological polar surface area (TPSA) is 54.0 Å². The maximum atomic E-state index is 13.1. The zero-order valence-corrected chi connectivity index (χ0v) is 22.9. The molecule has 0 N–H and O–H groups in total. The number of carbonyl (C=O) groups is 1. The van der Waals surface area contributed by atoms with Gasteiger partial charge in [-0.25, -0.2) is 0 Å². The van der Waals surface area contributed by atoms with Gasteiger partial charge in [0, 0.05) is 0 Å². The van der Waals surface area contributed by atoms with E-state index in [2.05, 4.69) is 40.8 Å². The van der Waals surface area contributed by atoms with Gasteiger partial charge in [0.25, 0.3) is 0 Å². The highest BCUT2D eigenvalue weighted by Crippen LogP contribution is 2.41. The Hall–Kier alpha value is -1.15. The van der Waals surface area contributed by atoms with Crippen LogP contribution in [0, 0.1) is 0 Å². The second-order valence-corrected chi connectivity index (χ2v) is 17.0. The quantitative estimate of drug-likeness (QED) is 0.559. The minimum atomic E-state index is -1.96. The van der Waals surface area contributed by atoms with Crippen molar-refractivity contribution in [1.29, 1.82) is 0 Å². The van der Waals surface area contributed by atoms with Crippen LogP contribution in [0.25, 0.3) is 0 Å². The molecule has 1 fully saturated rings. The Morgan fingerprint density at radius 2 is 1.62 bits per heavy atom. The summed E-state index contributed by atoms with van der Waals surface area (Å²) >= 11 is 0. The van der Waals surface area contributed by atoms with E-state index < -0.39 is 32.2 Å². The van der Waals surface area contributed by atoms with E-state index in [0.717, 1.165) is 17.4 Å². The Labute approximate surface area is 195 Å². The standard InChI is InChI=1S/C25H41BO5Si/c1-12-17-13-18-20(27)15-25(9,16-28-32(10,11)22(2,3)4)29-21(18)14-19(17)26-30-23(5,6)24(7,8)31-26/h13-14H,12,15-16H2,1-11H3. The number of fused-ring (bicyclic) bond motifs is 1. The van der Waals surface area contributed by atoms with Gasteiger partial charge in [0.15, 0.2) is 14.1 Å². The van der Waals surface area contributed by atoms with Crippen molar-refractivity contribution < 1.29 is 23.3 Å². The molecule has 32 heavy (non-hydrogen) atoms. The van der Waals surface area contributed by atoms with Crippen molar-refractivity contribution in [2.45, 2.75) is 110 Å². The van der Waals surface area contributed by atoms with Crippen molar-refractivity contribution in [2.75, 3.05) is 6.61 Å². The minimum absolute atomic E-state index is 0.0971. The van der Waals surface area contributed by atoms with Gasteiger partial charge in [-0.15, -0.1) is 0 Å². The van der Waals surface area contributed by atoms with E-state index in [1.807, 2.05) is 46.8 Å². The number of rotatable bonds is 5. The summed E-state index contributed by atoms with van der Waals surface area (Å²) < 4.78 is 25.5. The molecule has 0 aliphatic carbocycles. The first-order valence-electron chi connectivity index (χ1n) is 11.8. The summed E-state index contributed by atoms with van der Waals surface area (Å²) in [4.78, 5) is 13.1. The predicted molar refractivity (Wildman–Crippen MR) is 133 cm³/mol. The normalized spacial score (nSPS) is 25.0. The smallest absolute Gasteiger partial charge is 0.484 e. The highest BCUT2D eigenvalue weighted by Gasteiger charge is 2.52. The molecule has 2 aliphatic rings. The first-order valence-corrected chi connectivity index (χ1v) is 14.7. The fraction of sp³-hybridized carbons (Fsp3) is 0.720. The first kappa shape index (κ1) is 25.5. The summed E-state index contributed by atoms with van der Waals surface area (Å²) in [6.07, 6.45) is 1.10. The third kappa shape index (κ3) is 4.59. The zero-order chi connectivity index (χ0) is 24.3. The van der Waals surface area contributed by atoms with Crippen LogP contribution in [0.3, 0.4) is 0 Å². The minimum Gasteiger partial charge on any atom is -0.484 e. The molecule has 0 amide bonds. The molecule has 0 saturated carbocycles. The zero-order valence-electron chi connectivity index (χ0n) is 21.9. The number of hydrogen-bond donors (Lipinski definition) is 0. The van der Waals surface area contributed by atoms with Gasteiger partial charge in [-0.2, -0.15) is 0 Å². The molecule has 178 valence electrons. The fourth-order valence-corrected chi connectivity index (χ4v) is 4.90. The molecular formula is C25H41BO5Si. The van der Waals surface area contributed by atoms with Gasteiger partial charge in [0.2, 0.25) is 0 Å². The Kier molecular flexibility index (Phi) is 6.34. The average molecular weight is 460 g/mol. The van der Waals surface area contributed by atoms with Crippen LogP contribution in [-0.2, 0) is 20.2 Å². The lowest BCUT2D eigenvalue weighted by Crippen LogP contribution is -2.50. The van der Waals surface area contributed by atoms with Crippen LogP contribution >= 0.6 is 0 Å². The molecular weight excluding hydrogens is 419 g/mol. The first-order chi connectivity index (χ1) is 14.4. The van der Waals surface area contributed by atoms with Gasteiger partial charge in [-0.3, -0.25) is 4.79 Å². The lowest BCUT2D eigenvalue weighted by Gasteiger charge is -2.41. The molecule has 7 heteroatoms. The highest BCUT2D eigenvalue weighted by molar-refractivity contribution is 6.74. The van der Waals surface area contributed by atoms with E-state index in [9.17, 15) is 4.79 Å². The van der Waals surface area contributed by atoms with Gasteiger partial charge in [-0.1, -0.05) is 27.7 Å². The van der Waals surface area contributed by atoms with Crippen LogP contribution in [-0.4, -0.2) is 44.6 Å². The number of carbonyl (C=O) groups excluding carboxylic acids is 1. The predicted octanol–water partition coefficient (Wildman–Crippen LogP) is 5.29. The SMILES string of the molecule is CCc1cc2c(cc1B1OC(C)(C)C(C)(C)O1)OC(C)(CO[Si](C)(C)C(C)(C)C)CC2=O. The summed E-state index contributed by atoms with van der Waals surface area (Å²) in [6, 6.07) is 3.92. The molecule has 5 nitrogen and oxygen atoms in total. The largest absolute Gasteiger partial charge is 0.495 e. The Balaban J connectivity index is 1.92. The molecule has 0 bridgehead atoms. The van der Waals surface area contributed by atoms with Crippen molar-refractivity contribution in [3.8, 4) is 5.75 Å². The Morgan fingerprint density at radius 1 is 1.06 bits per heavy atom. The summed E-state index contributed by atoms with van der Waals surface area (Å²) in [7, 11) is -2.45. The third-order valence-electron chi connectivity index (χ3n) is 7.87. The fourth-order valence-electron chi connectivity index (χ4n) is 3.80. The monoisotopic (exact) mass is 460 g/mol. The van der Waals surface area contributed by atoms with Crippen LogP contribution in [0.4, 0.5) is 0 Å². The molecule has 2 aliphatic heterocycles. The molecule has 3 rings (SSSR count). The number of hydrogen-bond acceptors (Lipinski definition) is 5. The van der Waals surface area contributed by atoms with Gasteiger partial charge >= 0.3 is 7.12 Å². The molecule has 0 spiro atoms. The summed E-state index contributed by atoms with van der Waals surface area (Å²) in [5, 5.41) is 0.0971. The van der Waals surface area contributed by atoms with Crippen molar-refractivity contribution in [3.63, 3.8) is 0 Å². The molecule has 1 saturated heterocycles. The number of benzene rings is 1.